The molecule has 0 saturated carbocycles. The minimum Gasteiger partial charge on any atom is -0.494 e. The van der Waals surface area contributed by atoms with Gasteiger partial charge in [-0.15, -0.1) is 0 Å². The molecule has 0 amide bonds. The first-order valence-electron chi connectivity index (χ1n) is 10.3. The van der Waals surface area contributed by atoms with E-state index in [1.807, 2.05) is 22.9 Å². The van der Waals surface area contributed by atoms with Gasteiger partial charge in [-0.05, 0) is 57.3 Å². The molecule has 2 heterocycles. The lowest BCUT2D eigenvalue weighted by Crippen LogP contribution is -2.31. The molecule has 4 rings (SSSR count). The largest absolute Gasteiger partial charge is 0.494 e. The summed E-state index contributed by atoms with van der Waals surface area (Å²) >= 11 is 0. The van der Waals surface area contributed by atoms with Crippen molar-refractivity contribution in [2.24, 2.45) is 0 Å². The van der Waals surface area contributed by atoms with Gasteiger partial charge in [0.2, 0.25) is 0 Å². The second-order valence-electron chi connectivity index (χ2n) is 8.22. The summed E-state index contributed by atoms with van der Waals surface area (Å²) in [6.07, 6.45) is 3.24. The van der Waals surface area contributed by atoms with Gasteiger partial charge in [0.15, 0.2) is 11.6 Å². The van der Waals surface area contributed by atoms with E-state index in [1.165, 1.54) is 13.2 Å². The van der Waals surface area contributed by atoms with Crippen LogP contribution >= 0.6 is 0 Å². The summed E-state index contributed by atoms with van der Waals surface area (Å²) in [5.41, 5.74) is 4.86. The number of hydrogen-bond acceptors (Lipinski definition) is 4. The Morgan fingerprint density at radius 3 is 2.67 bits per heavy atom. The normalized spacial score (nSPS) is 17.1. The minimum absolute atomic E-state index is 0.243. The van der Waals surface area contributed by atoms with E-state index in [-0.39, 0.29) is 11.6 Å². The molecule has 2 aromatic carbocycles. The van der Waals surface area contributed by atoms with Crippen LogP contribution in [-0.4, -0.2) is 59.9 Å². The van der Waals surface area contributed by atoms with E-state index < -0.39 is 0 Å². The second-order valence-corrected chi connectivity index (χ2v) is 8.22. The lowest BCUT2D eigenvalue weighted by Gasteiger charge is -2.20. The van der Waals surface area contributed by atoms with E-state index in [4.69, 9.17) is 9.84 Å². The summed E-state index contributed by atoms with van der Waals surface area (Å²) in [6, 6.07) is 13.8. The van der Waals surface area contributed by atoms with Crippen LogP contribution in [0.2, 0.25) is 0 Å². The average Bonchev–Trinajstić information content (AvgIpc) is 3.36. The Kier molecular flexibility index (Phi) is 5.88. The Morgan fingerprint density at radius 1 is 1.20 bits per heavy atom. The second kappa shape index (κ2) is 8.58. The molecule has 0 unspecified atom stereocenters. The molecule has 0 N–H and O–H groups in total. The maximum atomic E-state index is 14.4. The average molecular weight is 409 g/mol. The number of ether oxygens (including phenoxy) is 1. The predicted molar refractivity (Wildman–Crippen MR) is 118 cm³/mol. The van der Waals surface area contributed by atoms with Gasteiger partial charge in [-0.1, -0.05) is 18.2 Å². The summed E-state index contributed by atoms with van der Waals surface area (Å²) in [6.45, 7) is 4.94. The van der Waals surface area contributed by atoms with Crippen molar-refractivity contribution in [3.63, 3.8) is 0 Å². The molecule has 30 heavy (non-hydrogen) atoms. The maximum Gasteiger partial charge on any atom is 0.165 e. The number of nitrogens with zero attached hydrogens (tertiary/aromatic N) is 4. The van der Waals surface area contributed by atoms with Crippen LogP contribution in [0.5, 0.6) is 5.75 Å². The third-order valence-corrected chi connectivity index (χ3v) is 5.95. The fourth-order valence-electron chi connectivity index (χ4n) is 4.14. The summed E-state index contributed by atoms with van der Waals surface area (Å²) in [7, 11) is 5.75. The molecule has 1 atom stereocenters. The standard InChI is InChI=1S/C24H29FN4O/c1-17-7-5-6-8-22(17)29-15-19(14-28-12-11-20(16-28)27(2)3)24(26-29)18-9-10-23(30-4)21(25)13-18/h5-10,13,15,20H,11-12,14,16H2,1-4H3/t20-/m0/s1. The van der Waals surface area contributed by atoms with E-state index in [2.05, 4.69) is 49.1 Å². The SMILES string of the molecule is COc1ccc(-c2nn(-c3ccccc3C)cc2CN2CC[C@H](N(C)C)C2)cc1F. The van der Waals surface area contributed by atoms with Gasteiger partial charge >= 0.3 is 0 Å². The lowest BCUT2D eigenvalue weighted by atomic mass is 10.1. The van der Waals surface area contributed by atoms with Crippen molar-refractivity contribution in [2.45, 2.75) is 25.9 Å². The molecule has 0 spiro atoms. The van der Waals surface area contributed by atoms with Crippen LogP contribution in [0.3, 0.4) is 0 Å². The monoisotopic (exact) mass is 408 g/mol. The molecule has 5 nitrogen and oxygen atoms in total. The van der Waals surface area contributed by atoms with E-state index in [9.17, 15) is 4.39 Å². The Hall–Kier alpha value is -2.70. The Bertz CT molecular complexity index is 1030. The van der Waals surface area contributed by atoms with Gasteiger partial charge in [-0.3, -0.25) is 4.90 Å². The van der Waals surface area contributed by atoms with E-state index in [0.717, 1.165) is 54.1 Å². The van der Waals surface area contributed by atoms with E-state index >= 15 is 0 Å². The highest BCUT2D eigenvalue weighted by Crippen LogP contribution is 2.30. The lowest BCUT2D eigenvalue weighted by molar-refractivity contribution is 0.265. The van der Waals surface area contributed by atoms with Crippen molar-refractivity contribution < 1.29 is 9.13 Å². The summed E-state index contributed by atoms with van der Waals surface area (Å²) < 4.78 is 21.4. The van der Waals surface area contributed by atoms with Gasteiger partial charge in [0.05, 0.1) is 18.5 Å². The molecular weight excluding hydrogens is 379 g/mol. The van der Waals surface area contributed by atoms with Crippen LogP contribution in [0, 0.1) is 12.7 Å². The fraction of sp³-hybridized carbons (Fsp3) is 0.375. The molecule has 3 aromatic rings. The molecule has 6 heteroatoms. The van der Waals surface area contributed by atoms with Crippen molar-refractivity contribution in [1.29, 1.82) is 0 Å². The summed E-state index contributed by atoms with van der Waals surface area (Å²) in [5, 5.41) is 4.88. The number of hydrogen-bond donors (Lipinski definition) is 0. The van der Waals surface area contributed by atoms with E-state index in [0.29, 0.717) is 6.04 Å². The smallest absolute Gasteiger partial charge is 0.165 e. The van der Waals surface area contributed by atoms with Crippen LogP contribution < -0.4 is 4.74 Å². The van der Waals surface area contributed by atoms with E-state index in [1.54, 1.807) is 6.07 Å². The minimum atomic E-state index is -0.375. The zero-order valence-corrected chi connectivity index (χ0v) is 18.1. The van der Waals surface area contributed by atoms with Crippen LogP contribution in [0.1, 0.15) is 17.5 Å². The molecule has 1 saturated heterocycles. The van der Waals surface area contributed by atoms with Gasteiger partial charge in [0.1, 0.15) is 0 Å². The Morgan fingerprint density at radius 2 is 2.00 bits per heavy atom. The van der Waals surface area contributed by atoms with Crippen molar-refractivity contribution >= 4 is 0 Å². The third kappa shape index (κ3) is 4.11. The molecule has 1 aromatic heterocycles. The van der Waals surface area contributed by atoms with Gasteiger partial charge < -0.3 is 9.64 Å². The number of likely N-dealkylation sites (tertiary alicyclic amines) is 1. The van der Waals surface area contributed by atoms with Crippen LogP contribution in [0.15, 0.2) is 48.7 Å². The Balaban J connectivity index is 1.72. The highest BCUT2D eigenvalue weighted by Gasteiger charge is 2.25. The molecule has 0 bridgehead atoms. The maximum absolute atomic E-state index is 14.4. The van der Waals surface area contributed by atoms with Gasteiger partial charge in [-0.2, -0.15) is 5.10 Å². The number of para-hydroxylation sites is 1. The molecule has 158 valence electrons. The van der Waals surface area contributed by atoms with Crippen molar-refractivity contribution in [3.05, 3.63) is 65.6 Å². The third-order valence-electron chi connectivity index (χ3n) is 5.95. The molecule has 0 aliphatic carbocycles. The highest BCUT2D eigenvalue weighted by atomic mass is 19.1. The fourth-order valence-corrected chi connectivity index (χ4v) is 4.14. The summed E-state index contributed by atoms with van der Waals surface area (Å²) in [4.78, 5) is 4.74. The first-order chi connectivity index (χ1) is 14.5. The van der Waals surface area contributed by atoms with Crippen LogP contribution in [-0.2, 0) is 6.54 Å². The molecule has 1 aliphatic heterocycles. The number of halogens is 1. The van der Waals surface area contributed by atoms with Crippen molar-refractivity contribution in [3.8, 4) is 22.7 Å². The summed E-state index contributed by atoms with van der Waals surface area (Å²) in [5.74, 6) is -0.132. The van der Waals surface area contributed by atoms with Gasteiger partial charge in [0.25, 0.3) is 0 Å². The molecular formula is C24H29FN4O. The first kappa shape index (κ1) is 20.6. The highest BCUT2D eigenvalue weighted by molar-refractivity contribution is 5.64. The molecule has 1 aliphatic rings. The van der Waals surface area contributed by atoms with Crippen molar-refractivity contribution in [1.82, 2.24) is 19.6 Å². The first-order valence-corrected chi connectivity index (χ1v) is 10.3. The quantitative estimate of drug-likeness (QED) is 0.614. The number of benzene rings is 2. The topological polar surface area (TPSA) is 33.5 Å². The predicted octanol–water partition coefficient (Wildman–Crippen LogP) is 4.13. The zero-order chi connectivity index (χ0) is 21.3. The van der Waals surface area contributed by atoms with Crippen LogP contribution in [0.25, 0.3) is 16.9 Å². The molecule has 1 fully saturated rings. The number of aryl methyl sites for hydroxylation is 1. The number of rotatable bonds is 6. The number of aromatic nitrogens is 2. The Labute approximate surface area is 177 Å². The number of methoxy groups -OCH3 is 1. The molecule has 0 radical (unpaired) electrons. The van der Waals surface area contributed by atoms with Gasteiger partial charge in [-0.25, -0.2) is 9.07 Å². The van der Waals surface area contributed by atoms with Gasteiger partial charge in [0, 0.05) is 43.0 Å². The number of likely N-dealkylation sites (N-methyl/N-ethyl adjacent to an activating group) is 1. The van der Waals surface area contributed by atoms with Crippen molar-refractivity contribution in [2.75, 3.05) is 34.3 Å². The zero-order valence-electron chi connectivity index (χ0n) is 18.1. The van der Waals surface area contributed by atoms with Crippen LogP contribution in [0.4, 0.5) is 4.39 Å².